The molecule has 1 aromatic carbocycles. The van der Waals surface area contributed by atoms with Gasteiger partial charge in [-0.3, -0.25) is 14.5 Å². The minimum atomic E-state index is -0.260. The second-order valence-electron chi connectivity index (χ2n) is 10.1. The van der Waals surface area contributed by atoms with Crippen LogP contribution in [-0.4, -0.2) is 54.4 Å². The van der Waals surface area contributed by atoms with Crippen molar-refractivity contribution in [3.05, 3.63) is 35.9 Å². The van der Waals surface area contributed by atoms with E-state index in [0.29, 0.717) is 11.8 Å². The van der Waals surface area contributed by atoms with Crippen LogP contribution in [0.15, 0.2) is 30.3 Å². The highest BCUT2D eigenvalue weighted by molar-refractivity contribution is 6.20. The Morgan fingerprint density at radius 1 is 1.12 bits per heavy atom. The summed E-state index contributed by atoms with van der Waals surface area (Å²) in [6.07, 6.45) is 7.02. The van der Waals surface area contributed by atoms with E-state index in [0.717, 1.165) is 58.0 Å². The summed E-state index contributed by atoms with van der Waals surface area (Å²) in [4.78, 5) is 28.0. The van der Waals surface area contributed by atoms with E-state index in [2.05, 4.69) is 40.5 Å². The zero-order valence-corrected chi connectivity index (χ0v) is 20.1. The van der Waals surface area contributed by atoms with E-state index in [1.807, 2.05) is 6.92 Å². The van der Waals surface area contributed by atoms with Crippen molar-refractivity contribution < 1.29 is 14.3 Å². The number of hydrogen-bond donors (Lipinski definition) is 1. The Kier molecular flexibility index (Phi) is 7.78. The maximum atomic E-state index is 13.2. The van der Waals surface area contributed by atoms with Gasteiger partial charge in [-0.25, -0.2) is 0 Å². The Labute approximate surface area is 197 Å². The number of halogens is 1. The van der Waals surface area contributed by atoms with Crippen molar-refractivity contribution in [2.75, 3.05) is 20.2 Å². The summed E-state index contributed by atoms with van der Waals surface area (Å²) in [7, 11) is 1.44. The topological polar surface area (TPSA) is 58.6 Å². The molecule has 1 aromatic rings. The first-order valence-electron chi connectivity index (χ1n) is 12.3. The summed E-state index contributed by atoms with van der Waals surface area (Å²) < 4.78 is 5.08. The number of ether oxygens (including phenoxy) is 1. The lowest BCUT2D eigenvalue weighted by Crippen LogP contribution is -2.53. The van der Waals surface area contributed by atoms with Gasteiger partial charge in [0.1, 0.15) is 0 Å². The molecule has 1 saturated heterocycles. The normalized spacial score (nSPS) is 32.2. The molecule has 3 aliphatic rings. The number of hydrogen-bond acceptors (Lipinski definition) is 4. The summed E-state index contributed by atoms with van der Waals surface area (Å²) in [5, 5.41) is 3.40. The molecule has 1 heterocycles. The van der Waals surface area contributed by atoms with Crippen LogP contribution in [0.3, 0.4) is 0 Å². The molecule has 0 bridgehead atoms. The Balaban J connectivity index is 1.33. The molecule has 32 heavy (non-hydrogen) atoms. The molecule has 2 aliphatic carbocycles. The Morgan fingerprint density at radius 3 is 2.53 bits per heavy atom. The number of carbonyl (C=O) groups excluding carboxylic acids is 2. The SMILES string of the molecule is COC(=O)C1CC2CCC(Cl)CC2C1NC(=O)C(C)N1CCC(Cc2ccccc2)CC1. The van der Waals surface area contributed by atoms with Crippen molar-refractivity contribution in [1.82, 2.24) is 10.2 Å². The highest BCUT2D eigenvalue weighted by atomic mass is 35.5. The number of fused-ring (bicyclic) bond motifs is 1. The summed E-state index contributed by atoms with van der Waals surface area (Å²) in [5.74, 6) is 0.954. The van der Waals surface area contributed by atoms with E-state index in [-0.39, 0.29) is 41.2 Å². The third-order valence-electron chi connectivity index (χ3n) is 8.19. The number of nitrogens with zero attached hydrogens (tertiary/aromatic N) is 1. The number of likely N-dealkylation sites (tertiary alicyclic amines) is 1. The lowest BCUT2D eigenvalue weighted by atomic mass is 9.80. The third-order valence-corrected chi connectivity index (χ3v) is 8.59. The van der Waals surface area contributed by atoms with Crippen molar-refractivity contribution in [2.45, 2.75) is 69.3 Å². The van der Waals surface area contributed by atoms with Gasteiger partial charge in [0.25, 0.3) is 0 Å². The van der Waals surface area contributed by atoms with E-state index in [1.165, 1.54) is 12.7 Å². The van der Waals surface area contributed by atoms with Crippen LogP contribution in [0, 0.1) is 23.7 Å². The van der Waals surface area contributed by atoms with Crippen LogP contribution in [0.25, 0.3) is 0 Å². The average Bonchev–Trinajstić information content (AvgIpc) is 3.16. The number of methoxy groups -OCH3 is 1. The van der Waals surface area contributed by atoms with Crippen molar-refractivity contribution in [2.24, 2.45) is 23.7 Å². The highest BCUT2D eigenvalue weighted by Crippen LogP contribution is 2.47. The molecule has 5 nitrogen and oxygen atoms in total. The minimum Gasteiger partial charge on any atom is -0.469 e. The molecule has 2 saturated carbocycles. The second kappa shape index (κ2) is 10.6. The van der Waals surface area contributed by atoms with Gasteiger partial charge in [0.15, 0.2) is 0 Å². The van der Waals surface area contributed by atoms with Gasteiger partial charge in [0.05, 0.1) is 19.1 Å². The predicted octanol–water partition coefficient (Wildman–Crippen LogP) is 4.03. The van der Waals surface area contributed by atoms with Crippen LogP contribution >= 0.6 is 11.6 Å². The summed E-state index contributed by atoms with van der Waals surface area (Å²) >= 11 is 6.47. The molecule has 176 valence electrons. The number of rotatable bonds is 6. The number of carbonyl (C=O) groups is 2. The largest absolute Gasteiger partial charge is 0.469 e. The molecule has 1 amide bonds. The van der Waals surface area contributed by atoms with Gasteiger partial charge >= 0.3 is 5.97 Å². The average molecular weight is 461 g/mol. The van der Waals surface area contributed by atoms with Crippen molar-refractivity contribution in [3.63, 3.8) is 0 Å². The number of nitrogens with one attached hydrogen (secondary N) is 1. The summed E-state index contributed by atoms with van der Waals surface area (Å²) in [6, 6.07) is 10.3. The van der Waals surface area contributed by atoms with Crippen LogP contribution < -0.4 is 5.32 Å². The van der Waals surface area contributed by atoms with E-state index < -0.39 is 0 Å². The molecule has 4 rings (SSSR count). The smallest absolute Gasteiger partial charge is 0.310 e. The standard InChI is InChI=1S/C26H37ClN2O3/c1-17(29-12-10-19(11-13-29)14-18-6-4-3-5-7-18)25(30)28-24-22-16-21(27)9-8-20(22)15-23(24)26(31)32-2/h3-7,17,19-24H,8-16H2,1-2H3,(H,28,30). The zero-order chi connectivity index (χ0) is 22.7. The molecule has 6 unspecified atom stereocenters. The minimum absolute atomic E-state index is 0.0303. The predicted molar refractivity (Wildman–Crippen MR) is 126 cm³/mol. The lowest BCUT2D eigenvalue weighted by molar-refractivity contribution is -0.146. The van der Waals surface area contributed by atoms with Crippen molar-refractivity contribution in [1.29, 1.82) is 0 Å². The van der Waals surface area contributed by atoms with Gasteiger partial charge < -0.3 is 10.1 Å². The van der Waals surface area contributed by atoms with Gasteiger partial charge in [0.2, 0.25) is 5.91 Å². The monoisotopic (exact) mass is 460 g/mol. The van der Waals surface area contributed by atoms with Crippen LogP contribution in [0.4, 0.5) is 0 Å². The molecule has 0 aromatic heterocycles. The molecule has 1 N–H and O–H groups in total. The Bertz CT molecular complexity index is 781. The summed E-state index contributed by atoms with van der Waals surface area (Å²) in [6.45, 7) is 3.87. The van der Waals surface area contributed by atoms with E-state index >= 15 is 0 Å². The second-order valence-corrected chi connectivity index (χ2v) is 10.7. The van der Waals surface area contributed by atoms with Crippen LogP contribution in [0.5, 0.6) is 0 Å². The molecular formula is C26H37ClN2O3. The maximum absolute atomic E-state index is 13.2. The maximum Gasteiger partial charge on any atom is 0.310 e. The van der Waals surface area contributed by atoms with E-state index in [9.17, 15) is 9.59 Å². The zero-order valence-electron chi connectivity index (χ0n) is 19.3. The fraction of sp³-hybridized carbons (Fsp3) is 0.692. The fourth-order valence-corrected chi connectivity index (χ4v) is 6.59. The van der Waals surface area contributed by atoms with E-state index in [4.69, 9.17) is 16.3 Å². The number of alkyl halides is 1. The molecule has 0 radical (unpaired) electrons. The molecule has 6 heteroatoms. The number of benzene rings is 1. The quantitative estimate of drug-likeness (QED) is 0.514. The first kappa shape index (κ1) is 23.6. The van der Waals surface area contributed by atoms with Gasteiger partial charge in [-0.2, -0.15) is 0 Å². The first-order chi connectivity index (χ1) is 15.5. The first-order valence-corrected chi connectivity index (χ1v) is 12.7. The van der Waals surface area contributed by atoms with Gasteiger partial charge in [0, 0.05) is 11.4 Å². The Hall–Kier alpha value is -1.59. The molecule has 1 aliphatic heterocycles. The Morgan fingerprint density at radius 2 is 1.84 bits per heavy atom. The summed E-state index contributed by atoms with van der Waals surface area (Å²) in [5.41, 5.74) is 1.39. The van der Waals surface area contributed by atoms with Crippen LogP contribution in [0.2, 0.25) is 0 Å². The molecule has 3 fully saturated rings. The van der Waals surface area contributed by atoms with Crippen molar-refractivity contribution >= 4 is 23.5 Å². The number of piperidine rings is 1. The third kappa shape index (κ3) is 5.31. The van der Waals surface area contributed by atoms with Gasteiger partial charge in [-0.1, -0.05) is 30.3 Å². The van der Waals surface area contributed by atoms with Crippen LogP contribution in [-0.2, 0) is 20.7 Å². The van der Waals surface area contributed by atoms with Crippen LogP contribution in [0.1, 0.15) is 51.0 Å². The van der Waals surface area contributed by atoms with E-state index in [1.54, 1.807) is 0 Å². The number of esters is 1. The highest BCUT2D eigenvalue weighted by Gasteiger charge is 2.50. The molecule has 0 spiro atoms. The van der Waals surface area contributed by atoms with Crippen molar-refractivity contribution in [3.8, 4) is 0 Å². The molecular weight excluding hydrogens is 424 g/mol. The van der Waals surface area contributed by atoms with Gasteiger partial charge in [-0.15, -0.1) is 11.6 Å². The number of amides is 1. The lowest BCUT2D eigenvalue weighted by Gasteiger charge is -2.37. The fourth-order valence-electron chi connectivity index (χ4n) is 6.26. The molecule has 6 atom stereocenters. The van der Waals surface area contributed by atoms with Gasteiger partial charge in [-0.05, 0) is 88.3 Å².